The summed E-state index contributed by atoms with van der Waals surface area (Å²) in [5, 5.41) is 7.05. The van der Waals surface area contributed by atoms with E-state index in [1.807, 2.05) is 18.2 Å². The highest BCUT2D eigenvalue weighted by Gasteiger charge is 2.07. The minimum Gasteiger partial charge on any atom is -0.384 e. The SMILES string of the molecule is CCc1ccccc1NCCC(=O)Nc1ccc(Cl)cc1Cl. The Hall–Kier alpha value is -1.71. The van der Waals surface area contributed by atoms with Crippen LogP contribution in [-0.4, -0.2) is 12.5 Å². The zero-order chi connectivity index (χ0) is 15.9. The minimum absolute atomic E-state index is 0.0919. The predicted octanol–water partition coefficient (Wildman–Crippen LogP) is 5.00. The third kappa shape index (κ3) is 4.65. The number of carbonyl (C=O) groups excluding carboxylic acids is 1. The van der Waals surface area contributed by atoms with Crippen molar-refractivity contribution >= 4 is 40.5 Å². The molecule has 2 rings (SSSR count). The summed E-state index contributed by atoms with van der Waals surface area (Å²) in [6, 6.07) is 13.1. The Kier molecular flexibility index (Phi) is 6.10. The molecule has 2 aromatic rings. The standard InChI is InChI=1S/C17H18Cl2N2O/c1-2-12-5-3-4-6-15(12)20-10-9-17(22)21-16-8-7-13(18)11-14(16)19/h3-8,11,20H,2,9-10H2,1H3,(H,21,22). The quantitative estimate of drug-likeness (QED) is 0.779. The maximum Gasteiger partial charge on any atom is 0.226 e. The number of hydrogen-bond acceptors (Lipinski definition) is 2. The molecule has 0 aromatic heterocycles. The van der Waals surface area contributed by atoms with E-state index >= 15 is 0 Å². The number of rotatable bonds is 6. The highest BCUT2D eigenvalue weighted by atomic mass is 35.5. The third-order valence-electron chi connectivity index (χ3n) is 3.27. The second-order valence-electron chi connectivity index (χ2n) is 4.86. The Morgan fingerprint density at radius 2 is 1.86 bits per heavy atom. The van der Waals surface area contributed by atoms with Crippen molar-refractivity contribution in [3.63, 3.8) is 0 Å². The van der Waals surface area contributed by atoms with Crippen molar-refractivity contribution in [2.24, 2.45) is 0 Å². The Morgan fingerprint density at radius 3 is 2.59 bits per heavy atom. The number of anilines is 2. The molecular formula is C17H18Cl2N2O. The fourth-order valence-corrected chi connectivity index (χ4v) is 2.57. The van der Waals surface area contributed by atoms with Crippen LogP contribution in [0, 0.1) is 0 Å². The molecule has 22 heavy (non-hydrogen) atoms. The van der Waals surface area contributed by atoms with Crippen LogP contribution in [0.15, 0.2) is 42.5 Å². The first kappa shape index (κ1) is 16.7. The summed E-state index contributed by atoms with van der Waals surface area (Å²) < 4.78 is 0. The fraction of sp³-hybridized carbons (Fsp3) is 0.235. The van der Waals surface area contributed by atoms with Gasteiger partial charge in [0.15, 0.2) is 0 Å². The van der Waals surface area contributed by atoms with Gasteiger partial charge in [0.05, 0.1) is 10.7 Å². The maximum atomic E-state index is 12.0. The van der Waals surface area contributed by atoms with Crippen LogP contribution >= 0.6 is 23.2 Å². The first-order chi connectivity index (χ1) is 10.6. The molecule has 1 amide bonds. The van der Waals surface area contributed by atoms with Crippen molar-refractivity contribution in [1.29, 1.82) is 0 Å². The van der Waals surface area contributed by atoms with Crippen molar-refractivity contribution in [3.8, 4) is 0 Å². The first-order valence-corrected chi connectivity index (χ1v) is 7.92. The highest BCUT2D eigenvalue weighted by molar-refractivity contribution is 6.36. The molecule has 0 fully saturated rings. The molecule has 0 aliphatic carbocycles. The van der Waals surface area contributed by atoms with Crippen molar-refractivity contribution < 1.29 is 4.79 Å². The minimum atomic E-state index is -0.0919. The van der Waals surface area contributed by atoms with E-state index in [-0.39, 0.29) is 5.91 Å². The van der Waals surface area contributed by atoms with E-state index in [1.165, 1.54) is 5.56 Å². The summed E-state index contributed by atoms with van der Waals surface area (Å²) in [7, 11) is 0. The zero-order valence-corrected chi connectivity index (χ0v) is 13.8. The lowest BCUT2D eigenvalue weighted by molar-refractivity contribution is -0.115. The van der Waals surface area contributed by atoms with Gasteiger partial charge in [0.1, 0.15) is 0 Å². The molecule has 0 unspecified atom stereocenters. The summed E-state index contributed by atoms with van der Waals surface area (Å²) in [5.74, 6) is -0.0919. The molecule has 0 saturated carbocycles. The predicted molar refractivity (Wildman–Crippen MR) is 94.0 cm³/mol. The molecule has 0 aliphatic rings. The highest BCUT2D eigenvalue weighted by Crippen LogP contribution is 2.25. The molecule has 0 saturated heterocycles. The molecular weight excluding hydrogens is 319 g/mol. The van der Waals surface area contributed by atoms with Gasteiger partial charge >= 0.3 is 0 Å². The first-order valence-electron chi connectivity index (χ1n) is 7.17. The monoisotopic (exact) mass is 336 g/mol. The Bertz CT molecular complexity index is 659. The lowest BCUT2D eigenvalue weighted by atomic mass is 10.1. The van der Waals surface area contributed by atoms with Crippen LogP contribution in [0.4, 0.5) is 11.4 Å². The van der Waals surface area contributed by atoms with Crippen molar-refractivity contribution in [2.75, 3.05) is 17.2 Å². The van der Waals surface area contributed by atoms with Crippen molar-refractivity contribution in [1.82, 2.24) is 0 Å². The number of carbonyl (C=O) groups is 1. The van der Waals surface area contributed by atoms with E-state index in [0.29, 0.717) is 28.7 Å². The molecule has 2 N–H and O–H groups in total. The largest absolute Gasteiger partial charge is 0.384 e. The number of benzene rings is 2. The molecule has 3 nitrogen and oxygen atoms in total. The molecule has 5 heteroatoms. The summed E-state index contributed by atoms with van der Waals surface area (Å²) in [6.07, 6.45) is 1.31. The van der Waals surface area contributed by atoms with Crippen LogP contribution in [-0.2, 0) is 11.2 Å². The summed E-state index contributed by atoms with van der Waals surface area (Å²) in [4.78, 5) is 12.0. The van der Waals surface area contributed by atoms with Gasteiger partial charge in [-0.2, -0.15) is 0 Å². The Labute approximate surface area is 140 Å². The average Bonchev–Trinajstić information content (AvgIpc) is 2.50. The average molecular weight is 337 g/mol. The molecule has 0 heterocycles. The molecule has 0 spiro atoms. The van der Waals surface area contributed by atoms with Crippen LogP contribution in [0.25, 0.3) is 0 Å². The lowest BCUT2D eigenvalue weighted by Crippen LogP contribution is -2.16. The molecule has 0 radical (unpaired) electrons. The molecule has 0 bridgehead atoms. The topological polar surface area (TPSA) is 41.1 Å². The van der Waals surface area contributed by atoms with Gasteiger partial charge in [-0.1, -0.05) is 48.3 Å². The number of hydrogen-bond donors (Lipinski definition) is 2. The van der Waals surface area contributed by atoms with Crippen LogP contribution in [0.3, 0.4) is 0 Å². The van der Waals surface area contributed by atoms with Gasteiger partial charge in [0.2, 0.25) is 5.91 Å². The van der Waals surface area contributed by atoms with E-state index in [0.717, 1.165) is 12.1 Å². The Morgan fingerprint density at radius 1 is 1.09 bits per heavy atom. The smallest absolute Gasteiger partial charge is 0.226 e. The van der Waals surface area contributed by atoms with E-state index in [4.69, 9.17) is 23.2 Å². The maximum absolute atomic E-state index is 12.0. The molecule has 2 aromatic carbocycles. The van der Waals surface area contributed by atoms with E-state index in [9.17, 15) is 4.79 Å². The van der Waals surface area contributed by atoms with Gasteiger partial charge in [-0.25, -0.2) is 0 Å². The van der Waals surface area contributed by atoms with Crippen molar-refractivity contribution in [2.45, 2.75) is 19.8 Å². The van der Waals surface area contributed by atoms with Gasteiger partial charge < -0.3 is 10.6 Å². The van der Waals surface area contributed by atoms with Gasteiger partial charge in [0.25, 0.3) is 0 Å². The van der Waals surface area contributed by atoms with Gasteiger partial charge in [-0.15, -0.1) is 0 Å². The molecule has 0 aliphatic heterocycles. The van der Waals surface area contributed by atoms with Gasteiger partial charge in [-0.05, 0) is 36.2 Å². The number of nitrogens with one attached hydrogen (secondary N) is 2. The van der Waals surface area contributed by atoms with E-state index in [1.54, 1.807) is 18.2 Å². The number of para-hydroxylation sites is 1. The van der Waals surface area contributed by atoms with Crippen LogP contribution < -0.4 is 10.6 Å². The summed E-state index contributed by atoms with van der Waals surface area (Å²) in [5.41, 5.74) is 2.89. The summed E-state index contributed by atoms with van der Waals surface area (Å²) >= 11 is 11.9. The van der Waals surface area contributed by atoms with Gasteiger partial charge in [-0.3, -0.25) is 4.79 Å². The van der Waals surface area contributed by atoms with Gasteiger partial charge in [0, 0.05) is 23.7 Å². The second-order valence-corrected chi connectivity index (χ2v) is 5.70. The fourth-order valence-electron chi connectivity index (χ4n) is 2.12. The van der Waals surface area contributed by atoms with Crippen LogP contribution in [0.1, 0.15) is 18.9 Å². The third-order valence-corrected chi connectivity index (χ3v) is 3.82. The van der Waals surface area contributed by atoms with Crippen LogP contribution in [0.5, 0.6) is 0 Å². The van der Waals surface area contributed by atoms with Crippen LogP contribution in [0.2, 0.25) is 10.0 Å². The molecule has 0 atom stereocenters. The van der Waals surface area contributed by atoms with Crippen molar-refractivity contribution in [3.05, 3.63) is 58.1 Å². The second kappa shape index (κ2) is 8.06. The lowest BCUT2D eigenvalue weighted by Gasteiger charge is -2.11. The molecule has 116 valence electrons. The zero-order valence-electron chi connectivity index (χ0n) is 12.3. The normalized spacial score (nSPS) is 10.3. The Balaban J connectivity index is 1.85. The van der Waals surface area contributed by atoms with E-state index in [2.05, 4.69) is 23.6 Å². The number of aryl methyl sites for hydroxylation is 1. The summed E-state index contributed by atoms with van der Waals surface area (Å²) in [6.45, 7) is 2.67. The number of amides is 1. The van der Waals surface area contributed by atoms with E-state index < -0.39 is 0 Å². The number of halogens is 2.